The molecule has 1 unspecified atom stereocenters. The predicted octanol–water partition coefficient (Wildman–Crippen LogP) is 6.23. The van der Waals surface area contributed by atoms with E-state index in [9.17, 15) is 4.79 Å². The molecule has 0 amide bonds. The van der Waals surface area contributed by atoms with Gasteiger partial charge in [-0.15, -0.1) is 11.8 Å². The van der Waals surface area contributed by atoms with E-state index in [2.05, 4.69) is 43.5 Å². The molecule has 0 radical (unpaired) electrons. The molecule has 130 valence electrons. The minimum atomic E-state index is 0.116. The Kier molecular flexibility index (Phi) is 5.64. The largest absolute Gasteiger partial charge is 0.332 e. The Hall–Kier alpha value is -2.00. The summed E-state index contributed by atoms with van der Waals surface area (Å²) in [4.78, 5) is 13.2. The van der Waals surface area contributed by atoms with Crippen LogP contribution in [0.5, 0.6) is 0 Å². The number of nitrogens with zero attached hydrogens (tertiary/aromatic N) is 1. The maximum Gasteiger partial charge on any atom is 0.195 e. The van der Waals surface area contributed by atoms with Gasteiger partial charge < -0.3 is 4.57 Å². The van der Waals surface area contributed by atoms with Gasteiger partial charge in [-0.3, -0.25) is 4.79 Å². The molecule has 1 heterocycles. The first-order valence-corrected chi connectivity index (χ1v) is 10.0. The maximum absolute atomic E-state index is 13.2. The second-order valence-electron chi connectivity index (χ2n) is 6.24. The number of ketones is 1. The predicted molar refractivity (Wildman–Crippen MR) is 109 cm³/mol. The van der Waals surface area contributed by atoms with Gasteiger partial charge >= 0.3 is 0 Å². The molecule has 1 aromatic heterocycles. The van der Waals surface area contributed by atoms with Crippen molar-refractivity contribution in [2.24, 2.45) is 0 Å². The molecule has 3 heteroatoms. The first-order valence-electron chi connectivity index (χ1n) is 8.99. The van der Waals surface area contributed by atoms with Gasteiger partial charge in [-0.25, -0.2) is 0 Å². The van der Waals surface area contributed by atoms with Crippen LogP contribution in [0.2, 0.25) is 0 Å². The Balaban J connectivity index is 2.20. The van der Waals surface area contributed by atoms with Crippen molar-refractivity contribution >= 4 is 28.4 Å². The van der Waals surface area contributed by atoms with E-state index in [4.69, 9.17) is 0 Å². The van der Waals surface area contributed by atoms with Crippen LogP contribution in [0, 0.1) is 6.92 Å². The van der Waals surface area contributed by atoms with Crippen molar-refractivity contribution in [2.45, 2.75) is 39.0 Å². The van der Waals surface area contributed by atoms with E-state index in [1.54, 1.807) is 0 Å². The smallest absolute Gasteiger partial charge is 0.195 e. The summed E-state index contributed by atoms with van der Waals surface area (Å²) in [5.74, 6) is 1.18. The summed E-state index contributed by atoms with van der Waals surface area (Å²) in [7, 11) is 0. The van der Waals surface area contributed by atoms with E-state index in [1.807, 2.05) is 48.2 Å². The quantitative estimate of drug-likeness (QED) is 0.471. The second kappa shape index (κ2) is 7.92. The molecule has 0 spiro atoms. The highest BCUT2D eigenvalue weighted by molar-refractivity contribution is 7.99. The van der Waals surface area contributed by atoms with Crippen LogP contribution in [0.3, 0.4) is 0 Å². The summed E-state index contributed by atoms with van der Waals surface area (Å²) in [5, 5.41) is 1.43. The van der Waals surface area contributed by atoms with Gasteiger partial charge in [0.1, 0.15) is 0 Å². The van der Waals surface area contributed by atoms with Crippen LogP contribution in [0.25, 0.3) is 10.9 Å². The summed E-state index contributed by atoms with van der Waals surface area (Å²) in [5.41, 5.74) is 3.84. The number of fused-ring (bicyclic) bond motifs is 1. The standard InChI is InChI=1S/C22H25NOS/c1-4-11-20(25-5-2)23-16(3)21(18-14-9-10-15-19(18)23)22(24)17-12-7-6-8-13-17/h6-10,12-15,20H,4-5,11H2,1-3H3. The number of rotatable bonds is 7. The van der Waals surface area contributed by atoms with E-state index in [1.165, 1.54) is 5.52 Å². The average Bonchev–Trinajstić information content (AvgIpc) is 2.93. The molecular formula is C22H25NOS. The Morgan fingerprint density at radius 3 is 2.40 bits per heavy atom. The van der Waals surface area contributed by atoms with Gasteiger partial charge in [0, 0.05) is 22.2 Å². The lowest BCUT2D eigenvalue weighted by Gasteiger charge is -2.20. The zero-order valence-corrected chi connectivity index (χ0v) is 16.0. The number of para-hydroxylation sites is 1. The number of aromatic nitrogens is 1. The Bertz CT molecular complexity index is 860. The lowest BCUT2D eigenvalue weighted by molar-refractivity contribution is 0.103. The minimum absolute atomic E-state index is 0.116. The van der Waals surface area contributed by atoms with Gasteiger partial charge in [0.25, 0.3) is 0 Å². The number of hydrogen-bond acceptors (Lipinski definition) is 2. The summed E-state index contributed by atoms with van der Waals surface area (Å²) < 4.78 is 2.38. The summed E-state index contributed by atoms with van der Waals surface area (Å²) >= 11 is 1.96. The van der Waals surface area contributed by atoms with Gasteiger partial charge in [-0.1, -0.05) is 68.8 Å². The van der Waals surface area contributed by atoms with Crippen molar-refractivity contribution in [1.82, 2.24) is 4.57 Å². The molecule has 3 rings (SSSR count). The first kappa shape index (κ1) is 17.8. The molecule has 0 saturated heterocycles. The molecule has 0 bridgehead atoms. The highest BCUT2D eigenvalue weighted by Gasteiger charge is 2.24. The molecule has 25 heavy (non-hydrogen) atoms. The Morgan fingerprint density at radius 2 is 1.72 bits per heavy atom. The molecular weight excluding hydrogens is 326 g/mol. The normalized spacial score (nSPS) is 12.4. The number of carbonyl (C=O) groups excluding carboxylic acids is 1. The SMILES string of the molecule is CCCC(SCC)n1c(C)c(C(=O)c2ccccc2)c2ccccc21. The fourth-order valence-corrected chi connectivity index (χ4v) is 4.72. The van der Waals surface area contributed by atoms with E-state index in [0.717, 1.165) is 40.8 Å². The average molecular weight is 352 g/mol. The molecule has 0 fully saturated rings. The van der Waals surface area contributed by atoms with Crippen molar-refractivity contribution in [1.29, 1.82) is 0 Å². The van der Waals surface area contributed by atoms with E-state index < -0.39 is 0 Å². The van der Waals surface area contributed by atoms with Crippen molar-refractivity contribution in [3.63, 3.8) is 0 Å². The lowest BCUT2D eigenvalue weighted by atomic mass is 10.0. The lowest BCUT2D eigenvalue weighted by Crippen LogP contribution is -2.09. The molecule has 3 aromatic rings. The molecule has 0 aliphatic rings. The van der Waals surface area contributed by atoms with Crippen LogP contribution in [-0.2, 0) is 0 Å². The zero-order chi connectivity index (χ0) is 17.8. The summed E-state index contributed by atoms with van der Waals surface area (Å²) in [6, 6.07) is 17.9. The minimum Gasteiger partial charge on any atom is -0.332 e. The topological polar surface area (TPSA) is 22.0 Å². The van der Waals surface area contributed by atoms with Crippen LogP contribution in [0.4, 0.5) is 0 Å². The fraction of sp³-hybridized carbons (Fsp3) is 0.318. The van der Waals surface area contributed by atoms with E-state index in [0.29, 0.717) is 5.37 Å². The van der Waals surface area contributed by atoms with Crippen LogP contribution < -0.4 is 0 Å². The van der Waals surface area contributed by atoms with Crippen molar-refractivity contribution < 1.29 is 4.79 Å². The van der Waals surface area contributed by atoms with Gasteiger partial charge in [0.05, 0.1) is 10.9 Å². The molecule has 2 nitrogen and oxygen atoms in total. The maximum atomic E-state index is 13.2. The van der Waals surface area contributed by atoms with Crippen LogP contribution in [-0.4, -0.2) is 16.1 Å². The third-order valence-electron chi connectivity index (χ3n) is 4.60. The number of benzene rings is 2. The molecule has 0 saturated carbocycles. The van der Waals surface area contributed by atoms with Crippen molar-refractivity contribution in [3.8, 4) is 0 Å². The first-order chi connectivity index (χ1) is 12.2. The molecule has 2 aromatic carbocycles. The molecule has 1 atom stereocenters. The summed E-state index contributed by atoms with van der Waals surface area (Å²) in [6.45, 7) is 6.51. The van der Waals surface area contributed by atoms with Crippen LogP contribution >= 0.6 is 11.8 Å². The van der Waals surface area contributed by atoms with Gasteiger partial charge in [0.2, 0.25) is 0 Å². The van der Waals surface area contributed by atoms with Gasteiger partial charge in [0.15, 0.2) is 5.78 Å². The van der Waals surface area contributed by atoms with Crippen LogP contribution in [0.15, 0.2) is 54.6 Å². The number of carbonyl (C=O) groups is 1. The number of thioether (sulfide) groups is 1. The zero-order valence-electron chi connectivity index (χ0n) is 15.2. The molecule has 0 aliphatic carbocycles. The van der Waals surface area contributed by atoms with Gasteiger partial charge in [-0.05, 0) is 25.2 Å². The Morgan fingerprint density at radius 1 is 1.04 bits per heavy atom. The molecule has 0 N–H and O–H groups in total. The fourth-order valence-electron chi connectivity index (χ4n) is 3.51. The third-order valence-corrected chi connectivity index (χ3v) is 5.77. The highest BCUT2D eigenvalue weighted by atomic mass is 32.2. The Labute approximate surface area is 154 Å². The number of hydrogen-bond donors (Lipinski definition) is 0. The third kappa shape index (κ3) is 3.38. The molecule has 0 aliphatic heterocycles. The highest BCUT2D eigenvalue weighted by Crippen LogP contribution is 2.37. The second-order valence-corrected chi connectivity index (χ2v) is 7.70. The van der Waals surface area contributed by atoms with Crippen molar-refractivity contribution in [2.75, 3.05) is 5.75 Å². The van der Waals surface area contributed by atoms with Crippen molar-refractivity contribution in [3.05, 3.63) is 71.4 Å². The monoisotopic (exact) mass is 351 g/mol. The van der Waals surface area contributed by atoms with E-state index in [-0.39, 0.29) is 5.78 Å². The van der Waals surface area contributed by atoms with E-state index >= 15 is 0 Å². The van der Waals surface area contributed by atoms with Gasteiger partial charge in [-0.2, -0.15) is 0 Å². The summed E-state index contributed by atoms with van der Waals surface area (Å²) in [6.07, 6.45) is 2.24. The van der Waals surface area contributed by atoms with Crippen LogP contribution in [0.1, 0.15) is 53.7 Å².